The van der Waals surface area contributed by atoms with E-state index in [-0.39, 0.29) is 17.4 Å². The summed E-state index contributed by atoms with van der Waals surface area (Å²) < 4.78 is 27.6. The van der Waals surface area contributed by atoms with E-state index in [1.165, 1.54) is 0 Å². The fourth-order valence-corrected chi connectivity index (χ4v) is 0.774. The first-order valence-corrected chi connectivity index (χ1v) is 5.41. The van der Waals surface area contributed by atoms with Crippen molar-refractivity contribution in [1.82, 2.24) is 6.15 Å². The molecule has 0 spiro atoms. The second-order valence-corrected chi connectivity index (χ2v) is 5.22. The van der Waals surface area contributed by atoms with Crippen LogP contribution in [-0.4, -0.2) is 24.3 Å². The fourth-order valence-electron chi connectivity index (χ4n) is 0.258. The molecule has 0 aliphatic carbocycles. The van der Waals surface area contributed by atoms with Gasteiger partial charge >= 0.3 is 0 Å². The maximum atomic E-state index is 9.79. The predicted octanol–water partition coefficient (Wildman–Crippen LogP) is 1.19. The summed E-state index contributed by atoms with van der Waals surface area (Å²) in [6.45, 7) is 7.58. The average Bonchev–Trinajstić information content (AvgIpc) is 1.54. The smallest absolute Gasteiger partial charge is 0.264 e. The Hall–Kier alpha value is -0.170. The highest BCUT2D eigenvalue weighted by molar-refractivity contribution is 7.85. The van der Waals surface area contributed by atoms with Crippen LogP contribution in [0.4, 0.5) is 0 Å². The molecule has 0 heterocycles. The largest absolute Gasteiger partial charge is 0.344 e. The van der Waals surface area contributed by atoms with Crippen molar-refractivity contribution in [3.63, 3.8) is 0 Å². The van der Waals surface area contributed by atoms with Crippen molar-refractivity contribution in [2.75, 3.05) is 5.75 Å². The lowest BCUT2D eigenvalue weighted by Crippen LogP contribution is -2.26. The molecule has 5 nitrogen and oxygen atoms in total. The van der Waals surface area contributed by atoms with Crippen molar-refractivity contribution in [3.8, 4) is 0 Å². The van der Waals surface area contributed by atoms with E-state index in [2.05, 4.69) is 0 Å². The number of rotatable bonds is 2. The van der Waals surface area contributed by atoms with Crippen LogP contribution in [0, 0.1) is 0 Å². The minimum atomic E-state index is -3.67. The molecule has 0 fully saturated rings. The van der Waals surface area contributed by atoms with E-state index in [1.54, 1.807) is 6.92 Å². The Labute approximate surface area is 81.0 Å². The third-order valence-electron chi connectivity index (χ3n) is 0.462. The first-order valence-electron chi connectivity index (χ1n) is 3.80. The quantitative estimate of drug-likeness (QED) is 0.597. The van der Waals surface area contributed by atoms with Crippen molar-refractivity contribution in [2.24, 2.45) is 5.73 Å². The van der Waals surface area contributed by atoms with Gasteiger partial charge in [0.25, 0.3) is 10.1 Å². The molecule has 0 aromatic heterocycles. The lowest BCUT2D eigenvalue weighted by Gasteiger charge is -2.06. The van der Waals surface area contributed by atoms with Crippen molar-refractivity contribution >= 4 is 10.1 Å². The van der Waals surface area contributed by atoms with Gasteiger partial charge in [-0.15, -0.1) is 0 Å². The third-order valence-corrected chi connectivity index (χ3v) is 1.39. The molecule has 0 saturated carbocycles. The zero-order valence-electron chi connectivity index (χ0n) is 8.87. The Kier molecular flexibility index (Phi) is 10.4. The Morgan fingerprint density at radius 3 is 1.54 bits per heavy atom. The van der Waals surface area contributed by atoms with Gasteiger partial charge in [-0.3, -0.25) is 4.55 Å². The SMILES string of the molecule is CC(C)(C)N.CCCS(=O)(=O)O.N. The third kappa shape index (κ3) is 77.9. The fraction of sp³-hybridized carbons (Fsp3) is 1.00. The Balaban J connectivity index is -0.000000150. The van der Waals surface area contributed by atoms with Gasteiger partial charge in [0.05, 0.1) is 5.75 Å². The van der Waals surface area contributed by atoms with Gasteiger partial charge in [-0.1, -0.05) is 6.92 Å². The number of hydrogen-bond acceptors (Lipinski definition) is 4. The van der Waals surface area contributed by atoms with Gasteiger partial charge in [-0.05, 0) is 27.2 Å². The molecule has 0 rings (SSSR count). The molecule has 13 heavy (non-hydrogen) atoms. The molecule has 6 N–H and O–H groups in total. The van der Waals surface area contributed by atoms with Gasteiger partial charge in [0, 0.05) is 5.54 Å². The Morgan fingerprint density at radius 1 is 1.31 bits per heavy atom. The van der Waals surface area contributed by atoms with E-state index in [0.29, 0.717) is 6.42 Å². The summed E-state index contributed by atoms with van der Waals surface area (Å²) in [5, 5.41) is 0. The highest BCUT2D eigenvalue weighted by Gasteiger charge is 1.98. The second-order valence-electron chi connectivity index (χ2n) is 3.65. The van der Waals surface area contributed by atoms with Crippen molar-refractivity contribution < 1.29 is 13.0 Å². The molecule has 0 bridgehead atoms. The molecule has 0 atom stereocenters. The average molecular weight is 214 g/mol. The molecule has 0 amide bonds. The molecular formula is C7H22N2O3S. The Bertz CT molecular complexity index is 188. The molecule has 0 aliphatic rings. The standard InChI is InChI=1S/C4H11N.C3H8O3S.H3N/c1-4(2,3)5;1-2-3-7(4,5)6;/h5H2,1-3H3;2-3H2,1H3,(H,4,5,6);1H3. The highest BCUT2D eigenvalue weighted by Crippen LogP contribution is 1.88. The van der Waals surface area contributed by atoms with E-state index in [9.17, 15) is 8.42 Å². The predicted molar refractivity (Wildman–Crippen MR) is 55.7 cm³/mol. The summed E-state index contributed by atoms with van der Waals surface area (Å²) in [4.78, 5) is 0. The maximum Gasteiger partial charge on any atom is 0.264 e. The lowest BCUT2D eigenvalue weighted by molar-refractivity contribution is 0.482. The molecule has 0 aliphatic heterocycles. The van der Waals surface area contributed by atoms with Gasteiger partial charge in [0.2, 0.25) is 0 Å². The van der Waals surface area contributed by atoms with Gasteiger partial charge in [0.1, 0.15) is 0 Å². The van der Waals surface area contributed by atoms with Gasteiger partial charge in [0.15, 0.2) is 0 Å². The molecule has 0 saturated heterocycles. The summed E-state index contributed by atoms with van der Waals surface area (Å²) in [7, 11) is -3.67. The van der Waals surface area contributed by atoms with Crippen LogP contribution in [0.1, 0.15) is 34.1 Å². The van der Waals surface area contributed by atoms with Crippen LogP contribution in [-0.2, 0) is 10.1 Å². The van der Waals surface area contributed by atoms with E-state index in [0.717, 1.165) is 0 Å². The van der Waals surface area contributed by atoms with E-state index >= 15 is 0 Å². The molecule has 0 unspecified atom stereocenters. The summed E-state index contributed by atoms with van der Waals surface area (Å²) in [6, 6.07) is 0. The van der Waals surface area contributed by atoms with Crippen LogP contribution >= 0.6 is 0 Å². The van der Waals surface area contributed by atoms with Crippen LogP contribution in [0.3, 0.4) is 0 Å². The molecular weight excluding hydrogens is 192 g/mol. The zero-order valence-corrected chi connectivity index (χ0v) is 9.69. The van der Waals surface area contributed by atoms with Crippen molar-refractivity contribution in [1.29, 1.82) is 0 Å². The summed E-state index contributed by atoms with van der Waals surface area (Å²) in [6.07, 6.45) is 0.471. The summed E-state index contributed by atoms with van der Waals surface area (Å²) in [5.74, 6) is -0.132. The first kappa shape index (κ1) is 18.6. The Morgan fingerprint density at radius 2 is 1.54 bits per heavy atom. The molecule has 0 aromatic carbocycles. The van der Waals surface area contributed by atoms with Crippen LogP contribution in [0.25, 0.3) is 0 Å². The summed E-state index contributed by atoms with van der Waals surface area (Å²) in [5.41, 5.74) is 5.35. The van der Waals surface area contributed by atoms with Crippen molar-refractivity contribution in [2.45, 2.75) is 39.7 Å². The van der Waals surface area contributed by atoms with E-state index in [1.807, 2.05) is 20.8 Å². The minimum Gasteiger partial charge on any atom is -0.344 e. The molecule has 84 valence electrons. The van der Waals surface area contributed by atoms with Crippen LogP contribution in [0.2, 0.25) is 0 Å². The topological polar surface area (TPSA) is 115 Å². The zero-order chi connectivity index (χ0) is 10.4. The second kappa shape index (κ2) is 7.25. The highest BCUT2D eigenvalue weighted by atomic mass is 32.2. The number of nitrogens with two attached hydrogens (primary N) is 1. The maximum absolute atomic E-state index is 9.79. The summed E-state index contributed by atoms with van der Waals surface area (Å²) >= 11 is 0. The van der Waals surface area contributed by atoms with E-state index < -0.39 is 10.1 Å². The monoisotopic (exact) mass is 214 g/mol. The minimum absolute atomic E-state index is 0. The number of hydrogen-bond donors (Lipinski definition) is 3. The van der Waals surface area contributed by atoms with Crippen molar-refractivity contribution in [3.05, 3.63) is 0 Å². The normalized spacial score (nSPS) is 10.9. The van der Waals surface area contributed by atoms with Crippen LogP contribution < -0.4 is 11.9 Å². The molecule has 0 aromatic rings. The molecule has 0 radical (unpaired) electrons. The first-order chi connectivity index (χ1) is 5.06. The lowest BCUT2D eigenvalue weighted by atomic mass is 10.1. The molecule has 6 heteroatoms. The van der Waals surface area contributed by atoms with Gasteiger partial charge in [-0.25, -0.2) is 0 Å². The van der Waals surface area contributed by atoms with Gasteiger partial charge < -0.3 is 11.9 Å². The van der Waals surface area contributed by atoms with Crippen LogP contribution in [0.15, 0.2) is 0 Å². The van der Waals surface area contributed by atoms with Crippen LogP contribution in [0.5, 0.6) is 0 Å². The van der Waals surface area contributed by atoms with E-state index in [4.69, 9.17) is 10.3 Å². The van der Waals surface area contributed by atoms with Gasteiger partial charge in [-0.2, -0.15) is 8.42 Å².